The summed E-state index contributed by atoms with van der Waals surface area (Å²) >= 11 is 0. The Balaban J connectivity index is 2.55. The maximum Gasteiger partial charge on any atom is 0.416 e. The van der Waals surface area contributed by atoms with Gasteiger partial charge in [-0.1, -0.05) is 6.07 Å². The molecule has 96 valence electrons. The number of alkyl halides is 3. The van der Waals surface area contributed by atoms with E-state index >= 15 is 0 Å². The van der Waals surface area contributed by atoms with E-state index in [1.807, 2.05) is 0 Å². The van der Waals surface area contributed by atoms with E-state index in [2.05, 4.69) is 10.3 Å². The molecule has 1 unspecified atom stereocenters. The molecule has 2 rings (SSSR count). The van der Waals surface area contributed by atoms with Crippen LogP contribution in [0, 0.1) is 5.82 Å². The molecule has 0 aromatic heterocycles. The lowest BCUT2D eigenvalue weighted by Gasteiger charge is -2.14. The number of carbonyl (C=O) groups excluding carboxylic acids is 1. The third-order valence-corrected chi connectivity index (χ3v) is 2.38. The highest BCUT2D eigenvalue weighted by atomic mass is 19.4. The Bertz CT molecular complexity index is 538. The first kappa shape index (κ1) is 12.3. The summed E-state index contributed by atoms with van der Waals surface area (Å²) < 4.78 is 51.1. The minimum absolute atomic E-state index is 0.262. The van der Waals surface area contributed by atoms with Gasteiger partial charge in [0.2, 0.25) is 0 Å². The van der Waals surface area contributed by atoms with Gasteiger partial charge < -0.3 is 5.73 Å². The molecule has 0 radical (unpaired) electrons. The van der Waals surface area contributed by atoms with Gasteiger partial charge in [-0.05, 0) is 17.7 Å². The summed E-state index contributed by atoms with van der Waals surface area (Å²) in [6.45, 7) is 0. The van der Waals surface area contributed by atoms with Crippen LogP contribution in [-0.4, -0.2) is 11.9 Å². The second kappa shape index (κ2) is 3.97. The average molecular weight is 261 g/mol. The molecule has 1 aromatic carbocycles. The van der Waals surface area contributed by atoms with Crippen LogP contribution >= 0.6 is 0 Å². The number of aliphatic imine (C=N–C) groups is 1. The quantitative estimate of drug-likeness (QED) is 0.749. The number of hydrogen-bond donors (Lipinski definition) is 2. The SMILES string of the molecule is NC1=NC(c2ccc(F)cc2C(F)(F)F)C(=O)N1. The highest BCUT2D eigenvalue weighted by Gasteiger charge is 2.39. The topological polar surface area (TPSA) is 67.5 Å². The number of nitrogens with zero attached hydrogens (tertiary/aromatic N) is 1. The first-order chi connectivity index (χ1) is 8.29. The van der Waals surface area contributed by atoms with Crippen LogP contribution in [0.3, 0.4) is 0 Å². The fraction of sp³-hybridized carbons (Fsp3) is 0.200. The molecule has 8 heteroatoms. The lowest BCUT2D eigenvalue weighted by atomic mass is 10.00. The van der Waals surface area contributed by atoms with E-state index in [-0.39, 0.29) is 5.96 Å². The molecule has 0 fully saturated rings. The Morgan fingerprint density at radius 1 is 1.33 bits per heavy atom. The van der Waals surface area contributed by atoms with Gasteiger partial charge in [-0.3, -0.25) is 10.1 Å². The monoisotopic (exact) mass is 261 g/mol. The van der Waals surface area contributed by atoms with Crippen molar-refractivity contribution < 1.29 is 22.4 Å². The van der Waals surface area contributed by atoms with E-state index in [0.29, 0.717) is 6.07 Å². The molecule has 0 aliphatic carbocycles. The van der Waals surface area contributed by atoms with E-state index in [9.17, 15) is 22.4 Å². The molecule has 18 heavy (non-hydrogen) atoms. The molecule has 4 nitrogen and oxygen atoms in total. The van der Waals surface area contributed by atoms with Crippen molar-refractivity contribution in [2.24, 2.45) is 10.7 Å². The van der Waals surface area contributed by atoms with E-state index < -0.39 is 35.1 Å². The first-order valence-electron chi connectivity index (χ1n) is 4.80. The normalized spacial score (nSPS) is 19.7. The Morgan fingerprint density at radius 3 is 2.50 bits per heavy atom. The standard InChI is InChI=1S/C10H7F4N3O/c11-4-1-2-5(6(3-4)10(12,13)14)7-8(18)17-9(15)16-7/h1-3,7H,(H3,15,16,17,18). The highest BCUT2D eigenvalue weighted by Crippen LogP contribution is 2.36. The van der Waals surface area contributed by atoms with Gasteiger partial charge in [0.25, 0.3) is 5.91 Å². The third-order valence-electron chi connectivity index (χ3n) is 2.38. The van der Waals surface area contributed by atoms with Gasteiger partial charge in [-0.25, -0.2) is 9.38 Å². The van der Waals surface area contributed by atoms with Crippen LogP contribution in [0.1, 0.15) is 17.2 Å². The Labute approximate surface area is 98.5 Å². The van der Waals surface area contributed by atoms with E-state index in [1.54, 1.807) is 0 Å². The molecule has 1 atom stereocenters. The molecule has 0 saturated carbocycles. The molecule has 0 saturated heterocycles. The number of guanidine groups is 1. The van der Waals surface area contributed by atoms with Crippen LogP contribution in [0.4, 0.5) is 17.6 Å². The summed E-state index contributed by atoms with van der Waals surface area (Å²) in [5, 5.41) is 2.09. The lowest BCUT2D eigenvalue weighted by molar-refractivity contribution is -0.138. The van der Waals surface area contributed by atoms with Crippen LogP contribution in [-0.2, 0) is 11.0 Å². The van der Waals surface area contributed by atoms with Crippen molar-refractivity contribution >= 4 is 11.9 Å². The number of halogens is 4. The number of carbonyl (C=O) groups is 1. The fourth-order valence-electron chi connectivity index (χ4n) is 1.65. The van der Waals surface area contributed by atoms with Crippen LogP contribution in [0.5, 0.6) is 0 Å². The van der Waals surface area contributed by atoms with Crippen molar-refractivity contribution in [1.29, 1.82) is 0 Å². The van der Waals surface area contributed by atoms with Crippen molar-refractivity contribution in [2.75, 3.05) is 0 Å². The van der Waals surface area contributed by atoms with E-state index in [1.165, 1.54) is 0 Å². The Kier molecular flexibility index (Phi) is 2.72. The van der Waals surface area contributed by atoms with Crippen LogP contribution in [0.15, 0.2) is 23.2 Å². The first-order valence-corrected chi connectivity index (χ1v) is 4.80. The van der Waals surface area contributed by atoms with E-state index in [0.717, 1.165) is 12.1 Å². The van der Waals surface area contributed by atoms with Crippen molar-refractivity contribution in [3.8, 4) is 0 Å². The maximum atomic E-state index is 12.9. The number of benzene rings is 1. The zero-order chi connectivity index (χ0) is 13.5. The van der Waals surface area contributed by atoms with Gasteiger partial charge >= 0.3 is 6.18 Å². The van der Waals surface area contributed by atoms with Gasteiger partial charge in [-0.15, -0.1) is 0 Å². The second-order valence-corrected chi connectivity index (χ2v) is 3.64. The summed E-state index contributed by atoms with van der Waals surface area (Å²) in [4.78, 5) is 14.9. The summed E-state index contributed by atoms with van der Waals surface area (Å²) in [6.07, 6.45) is -4.77. The average Bonchev–Trinajstić information content (AvgIpc) is 2.56. The summed E-state index contributed by atoms with van der Waals surface area (Å²) in [5.74, 6) is -2.08. The van der Waals surface area contributed by atoms with Crippen molar-refractivity contribution in [3.05, 3.63) is 35.1 Å². The number of nitrogens with one attached hydrogen (secondary N) is 1. The summed E-state index contributed by atoms with van der Waals surface area (Å²) in [7, 11) is 0. The number of nitrogens with two attached hydrogens (primary N) is 1. The largest absolute Gasteiger partial charge is 0.416 e. The smallest absolute Gasteiger partial charge is 0.370 e. The zero-order valence-corrected chi connectivity index (χ0v) is 8.75. The Hall–Kier alpha value is -2.12. The highest BCUT2D eigenvalue weighted by molar-refractivity contribution is 6.04. The van der Waals surface area contributed by atoms with Gasteiger partial charge in [0, 0.05) is 0 Å². The van der Waals surface area contributed by atoms with Crippen molar-refractivity contribution in [3.63, 3.8) is 0 Å². The second-order valence-electron chi connectivity index (χ2n) is 3.64. The predicted octanol–water partition coefficient (Wildman–Crippen LogP) is 1.33. The van der Waals surface area contributed by atoms with Gasteiger partial charge in [0.1, 0.15) is 5.82 Å². The van der Waals surface area contributed by atoms with Gasteiger partial charge in [0.15, 0.2) is 12.0 Å². The number of hydrogen-bond acceptors (Lipinski definition) is 3. The molecule has 3 N–H and O–H groups in total. The molecule has 1 aliphatic heterocycles. The minimum atomic E-state index is -4.77. The molecule has 1 amide bonds. The predicted molar refractivity (Wildman–Crippen MR) is 53.9 cm³/mol. The fourth-order valence-corrected chi connectivity index (χ4v) is 1.65. The number of rotatable bonds is 1. The van der Waals surface area contributed by atoms with E-state index in [4.69, 9.17) is 5.73 Å². The van der Waals surface area contributed by atoms with Crippen molar-refractivity contribution in [2.45, 2.75) is 12.2 Å². The van der Waals surface area contributed by atoms with Gasteiger partial charge in [0.05, 0.1) is 5.56 Å². The number of amides is 1. The minimum Gasteiger partial charge on any atom is -0.370 e. The van der Waals surface area contributed by atoms with Crippen molar-refractivity contribution in [1.82, 2.24) is 5.32 Å². The molecule has 1 heterocycles. The van der Waals surface area contributed by atoms with Crippen LogP contribution < -0.4 is 11.1 Å². The third kappa shape index (κ3) is 2.13. The molecular formula is C10H7F4N3O. The lowest BCUT2D eigenvalue weighted by Crippen LogP contribution is -2.31. The molecule has 0 bridgehead atoms. The zero-order valence-electron chi connectivity index (χ0n) is 8.75. The van der Waals surface area contributed by atoms with Crippen LogP contribution in [0.2, 0.25) is 0 Å². The van der Waals surface area contributed by atoms with Crippen LogP contribution in [0.25, 0.3) is 0 Å². The molecule has 1 aliphatic rings. The molecular weight excluding hydrogens is 254 g/mol. The molecule has 0 spiro atoms. The summed E-state index contributed by atoms with van der Waals surface area (Å²) in [5.41, 5.74) is 3.54. The molecule has 1 aromatic rings. The summed E-state index contributed by atoms with van der Waals surface area (Å²) in [6, 6.07) is 0.640. The maximum absolute atomic E-state index is 12.9. The van der Waals surface area contributed by atoms with Gasteiger partial charge in [-0.2, -0.15) is 13.2 Å². The Morgan fingerprint density at radius 2 is 2.00 bits per heavy atom.